The third kappa shape index (κ3) is 7.73. The Labute approximate surface area is 353 Å². The first-order chi connectivity index (χ1) is 29.6. The molecular formula is C46H42N6O8S. The third-order valence-electron chi connectivity index (χ3n) is 11.4. The summed E-state index contributed by atoms with van der Waals surface area (Å²) in [6.45, 7) is 1.07. The van der Waals surface area contributed by atoms with Crippen molar-refractivity contribution in [1.29, 1.82) is 0 Å². The number of aromatic nitrogens is 1. The minimum atomic E-state index is -3.55. The summed E-state index contributed by atoms with van der Waals surface area (Å²) in [5.74, 6) is 1.33. The maximum atomic E-state index is 13.9. The summed E-state index contributed by atoms with van der Waals surface area (Å²) < 4.78 is 50.6. The Morgan fingerprint density at radius 1 is 0.689 bits per heavy atom. The number of fused-ring (bicyclic) bond motifs is 5. The second-order valence-corrected chi connectivity index (χ2v) is 16.8. The monoisotopic (exact) mass is 838 g/mol. The van der Waals surface area contributed by atoms with Crippen molar-refractivity contribution in [2.75, 3.05) is 27.8 Å². The quantitative estimate of drug-likeness (QED) is 0.157. The van der Waals surface area contributed by atoms with Crippen LogP contribution in [0.2, 0.25) is 0 Å². The molecule has 4 aliphatic rings. The average molecular weight is 839 g/mol. The van der Waals surface area contributed by atoms with Crippen molar-refractivity contribution in [3.8, 4) is 23.0 Å². The Morgan fingerprint density at radius 2 is 1.26 bits per heavy atom. The zero-order valence-corrected chi connectivity index (χ0v) is 34.5. The van der Waals surface area contributed by atoms with Crippen molar-refractivity contribution in [2.24, 2.45) is 9.98 Å². The van der Waals surface area contributed by atoms with Crippen molar-refractivity contribution < 1.29 is 37.0 Å². The molecule has 15 heteroatoms. The van der Waals surface area contributed by atoms with Gasteiger partial charge in [0.1, 0.15) is 13.2 Å². The molecule has 0 saturated carbocycles. The molecule has 4 aromatic carbocycles. The first kappa shape index (κ1) is 39.6. The Morgan fingerprint density at radius 3 is 1.85 bits per heavy atom. The number of aliphatic imine (C=N–C) groups is 2. The highest BCUT2D eigenvalue weighted by Crippen LogP contribution is 2.41. The van der Waals surface area contributed by atoms with Crippen LogP contribution < -0.4 is 23.7 Å². The molecule has 5 heterocycles. The van der Waals surface area contributed by atoms with Crippen LogP contribution in [0.25, 0.3) is 5.57 Å². The molecule has 1 aromatic heterocycles. The lowest BCUT2D eigenvalue weighted by Crippen LogP contribution is -2.44. The van der Waals surface area contributed by atoms with Gasteiger partial charge in [-0.05, 0) is 78.6 Å². The number of carbonyl (C=O) groups is 2. The van der Waals surface area contributed by atoms with Crippen molar-refractivity contribution in [3.63, 3.8) is 0 Å². The summed E-state index contributed by atoms with van der Waals surface area (Å²) >= 11 is 0. The third-order valence-corrected chi connectivity index (χ3v) is 12.8. The van der Waals surface area contributed by atoms with Gasteiger partial charge in [0.2, 0.25) is 10.0 Å². The van der Waals surface area contributed by atoms with Gasteiger partial charge in [0.25, 0.3) is 11.8 Å². The summed E-state index contributed by atoms with van der Waals surface area (Å²) in [5, 5.41) is 0. The Kier molecular flexibility index (Phi) is 10.6. The molecule has 0 radical (unpaired) electrons. The van der Waals surface area contributed by atoms with Gasteiger partial charge in [-0.3, -0.25) is 24.6 Å². The van der Waals surface area contributed by atoms with Crippen LogP contribution in [0.4, 0.5) is 11.4 Å². The number of hydrogen-bond donors (Lipinski definition) is 1. The zero-order valence-electron chi connectivity index (χ0n) is 33.7. The molecule has 0 aliphatic carbocycles. The fraction of sp³-hybridized carbons (Fsp3) is 0.239. The van der Waals surface area contributed by atoms with E-state index < -0.39 is 10.0 Å². The number of ether oxygens (including phenoxy) is 4. The highest BCUT2D eigenvalue weighted by Gasteiger charge is 2.34. The average Bonchev–Trinajstić information content (AvgIpc) is 3.51. The van der Waals surface area contributed by atoms with Crippen LogP contribution in [0, 0.1) is 0 Å². The van der Waals surface area contributed by atoms with E-state index in [0.717, 1.165) is 16.7 Å². The van der Waals surface area contributed by atoms with Gasteiger partial charge in [0.15, 0.2) is 23.0 Å². The summed E-state index contributed by atoms with van der Waals surface area (Å²) in [4.78, 5) is 45.7. The number of sulfonamides is 1. The summed E-state index contributed by atoms with van der Waals surface area (Å²) in [6, 6.07) is 26.7. The zero-order chi connectivity index (χ0) is 42.3. The smallest absolute Gasteiger partial charge is 0.257 e. The second kappa shape index (κ2) is 16.3. The van der Waals surface area contributed by atoms with Crippen LogP contribution in [-0.4, -0.2) is 87.3 Å². The van der Waals surface area contributed by atoms with Crippen LogP contribution >= 0.6 is 0 Å². The van der Waals surface area contributed by atoms with Gasteiger partial charge in [-0.15, -0.1) is 0 Å². The lowest BCUT2D eigenvalue weighted by molar-refractivity contribution is 0.0702. The molecular weight excluding hydrogens is 797 g/mol. The number of hydrogen-bond acceptors (Lipinski definition) is 11. The molecule has 2 atom stereocenters. The van der Waals surface area contributed by atoms with Gasteiger partial charge in [0.05, 0.1) is 65.1 Å². The molecule has 5 aromatic rings. The van der Waals surface area contributed by atoms with Gasteiger partial charge in [-0.2, -0.15) is 0 Å². The van der Waals surface area contributed by atoms with E-state index in [0.29, 0.717) is 82.8 Å². The Bertz CT molecular complexity index is 2770. The minimum Gasteiger partial charge on any atom is -0.493 e. The maximum Gasteiger partial charge on any atom is 0.257 e. The molecule has 0 fully saturated rings. The van der Waals surface area contributed by atoms with Crippen LogP contribution in [0.15, 0.2) is 112 Å². The van der Waals surface area contributed by atoms with Crippen LogP contribution in [0.3, 0.4) is 0 Å². The molecule has 310 valence electrons. The highest BCUT2D eigenvalue weighted by atomic mass is 32.2. The first-order valence-corrected chi connectivity index (χ1v) is 21.3. The van der Waals surface area contributed by atoms with Crippen LogP contribution in [-0.2, 0) is 36.2 Å². The number of benzene rings is 4. The molecule has 14 nitrogen and oxygen atoms in total. The predicted octanol–water partition coefficient (Wildman–Crippen LogP) is 6.46. The van der Waals surface area contributed by atoms with Gasteiger partial charge < -0.3 is 28.7 Å². The van der Waals surface area contributed by atoms with Crippen molar-refractivity contribution in [2.45, 2.75) is 49.6 Å². The van der Waals surface area contributed by atoms with E-state index in [1.54, 1.807) is 59.6 Å². The number of nitrogens with zero attached hydrogens (tertiary/aromatic N) is 5. The van der Waals surface area contributed by atoms with Crippen molar-refractivity contribution in [3.05, 3.63) is 136 Å². The highest BCUT2D eigenvalue weighted by molar-refractivity contribution is 7.89. The minimum absolute atomic E-state index is 0.0949. The van der Waals surface area contributed by atoms with Crippen LogP contribution in [0.1, 0.15) is 55.2 Å². The first-order valence-electron chi connectivity index (χ1n) is 19.8. The molecule has 9 rings (SSSR count). The van der Waals surface area contributed by atoms with Crippen LogP contribution in [0.5, 0.6) is 23.0 Å². The van der Waals surface area contributed by atoms with Crippen molar-refractivity contribution >= 4 is 51.2 Å². The molecule has 0 spiro atoms. The largest absolute Gasteiger partial charge is 0.493 e. The van der Waals surface area contributed by atoms with Crippen molar-refractivity contribution in [1.82, 2.24) is 19.5 Å². The topological polar surface area (TPSA) is 161 Å². The van der Waals surface area contributed by atoms with E-state index in [1.807, 2.05) is 47.5 Å². The van der Waals surface area contributed by atoms with Gasteiger partial charge in [0, 0.05) is 37.7 Å². The molecule has 61 heavy (non-hydrogen) atoms. The van der Waals surface area contributed by atoms with E-state index in [-0.39, 0.29) is 42.0 Å². The van der Waals surface area contributed by atoms with E-state index in [1.165, 1.54) is 26.8 Å². The predicted molar refractivity (Wildman–Crippen MR) is 229 cm³/mol. The SMILES string of the molecule is CNS(=O)(=O)c1ccc(C2=CCN3C(=O)c4cc(OC)c(OCc5cccc(COc6cc7c(cc6OC)C(=O)N6Cc8ccccc8C[C@H]6C=N7)n5)cc4N=C[C@@H]3C2)cc1. The lowest BCUT2D eigenvalue weighted by Gasteiger charge is -2.34. The van der Waals surface area contributed by atoms with E-state index in [2.05, 4.69) is 16.9 Å². The molecule has 2 amide bonds. The van der Waals surface area contributed by atoms with E-state index in [9.17, 15) is 18.0 Å². The summed E-state index contributed by atoms with van der Waals surface area (Å²) in [6.07, 6.45) is 6.80. The summed E-state index contributed by atoms with van der Waals surface area (Å²) in [7, 11) is 0.876. The van der Waals surface area contributed by atoms with E-state index >= 15 is 0 Å². The number of methoxy groups -OCH3 is 2. The van der Waals surface area contributed by atoms with Gasteiger partial charge >= 0.3 is 0 Å². The number of amides is 2. The number of pyridine rings is 1. The lowest BCUT2D eigenvalue weighted by atomic mass is 9.94. The number of rotatable bonds is 11. The molecule has 0 saturated heterocycles. The van der Waals surface area contributed by atoms with E-state index in [4.69, 9.17) is 33.9 Å². The normalized spacial score (nSPS) is 17.8. The van der Waals surface area contributed by atoms with Gasteiger partial charge in [-0.25, -0.2) is 13.1 Å². The standard InChI is InChI=1S/C46H42N6O8S/c1-47-61(55,56)36-13-11-28(12-14-36)30-15-16-51-34(18-30)23-48-39-21-43(41(57-2)19-37(39)45(51)53)59-26-32-9-6-10-33(50-32)27-60-44-22-40-38(20-42(44)58-3)46(54)52-25-31-8-5-4-7-29(31)17-35(52)24-49-40/h4-15,19-24,34-35,47H,16-18,25-27H2,1-3H3/t34-,35-/m0/s1. The fourth-order valence-corrected chi connectivity index (χ4v) is 8.80. The van der Waals surface area contributed by atoms with Gasteiger partial charge in [-0.1, -0.05) is 48.5 Å². The fourth-order valence-electron chi connectivity index (χ4n) is 8.07. The number of nitrogens with one attached hydrogen (secondary N) is 1. The molecule has 1 N–H and O–H groups in total. The molecule has 0 unspecified atom stereocenters. The molecule has 0 bridgehead atoms. The Balaban J connectivity index is 0.873. The summed E-state index contributed by atoms with van der Waals surface area (Å²) in [5.41, 5.74) is 7.31. The number of carbonyl (C=O) groups excluding carboxylic acids is 2. The second-order valence-electron chi connectivity index (χ2n) is 15.0. The Hall–Kier alpha value is -6.84. The molecule has 4 aliphatic heterocycles. The maximum absolute atomic E-state index is 13.9.